The number of aromatic nitrogens is 2. The number of ether oxygens (including phenoxy) is 1. The number of rotatable bonds is 2. The van der Waals surface area contributed by atoms with Crippen LogP contribution in [-0.4, -0.2) is 16.2 Å². The third kappa shape index (κ3) is 2.14. The van der Waals surface area contributed by atoms with Crippen molar-refractivity contribution in [2.75, 3.05) is 6.61 Å². The highest BCUT2D eigenvalue weighted by Gasteiger charge is 2.18. The first-order chi connectivity index (χ1) is 10.2. The smallest absolute Gasteiger partial charge is 0.127 e. The van der Waals surface area contributed by atoms with Crippen molar-refractivity contribution in [3.63, 3.8) is 0 Å². The lowest BCUT2D eigenvalue weighted by Crippen LogP contribution is -2.03. The Balaban J connectivity index is 1.84. The van der Waals surface area contributed by atoms with Crippen molar-refractivity contribution in [3.05, 3.63) is 57.8 Å². The number of benzene rings is 2. The largest absolute Gasteiger partial charge is 0.493 e. The first-order valence-corrected chi connectivity index (χ1v) is 7.87. The normalized spacial score (nSPS) is 13.4. The maximum Gasteiger partial charge on any atom is 0.127 e. The molecule has 0 bridgehead atoms. The van der Waals surface area contributed by atoms with E-state index in [1.54, 1.807) is 0 Å². The number of nitrogens with zero attached hydrogens (tertiary/aromatic N) is 2. The molecule has 106 valence electrons. The fraction of sp³-hybridized carbons (Fsp3) is 0.235. The summed E-state index contributed by atoms with van der Waals surface area (Å²) in [5.41, 5.74) is 4.72. The molecule has 0 N–H and O–H groups in total. The van der Waals surface area contributed by atoms with Crippen molar-refractivity contribution in [1.29, 1.82) is 0 Å². The number of para-hydroxylation sites is 2. The van der Waals surface area contributed by atoms with E-state index in [0.29, 0.717) is 0 Å². The van der Waals surface area contributed by atoms with E-state index < -0.39 is 0 Å². The van der Waals surface area contributed by atoms with Crippen LogP contribution in [0.25, 0.3) is 11.0 Å². The van der Waals surface area contributed by atoms with Crippen LogP contribution in [0.15, 0.2) is 40.9 Å². The van der Waals surface area contributed by atoms with E-state index in [1.807, 2.05) is 6.07 Å². The topological polar surface area (TPSA) is 27.1 Å². The Hall–Kier alpha value is -1.81. The Labute approximate surface area is 131 Å². The van der Waals surface area contributed by atoms with Gasteiger partial charge in [0, 0.05) is 16.5 Å². The highest BCUT2D eigenvalue weighted by molar-refractivity contribution is 9.10. The maximum absolute atomic E-state index is 5.83. The van der Waals surface area contributed by atoms with Gasteiger partial charge in [0.25, 0.3) is 0 Å². The Morgan fingerprint density at radius 2 is 2.14 bits per heavy atom. The summed E-state index contributed by atoms with van der Waals surface area (Å²) in [6.45, 7) is 3.62. The van der Waals surface area contributed by atoms with Gasteiger partial charge in [-0.1, -0.05) is 28.1 Å². The van der Waals surface area contributed by atoms with Crippen molar-refractivity contribution in [2.24, 2.45) is 0 Å². The molecule has 0 atom stereocenters. The van der Waals surface area contributed by atoms with Crippen LogP contribution in [0.5, 0.6) is 5.75 Å². The summed E-state index contributed by atoms with van der Waals surface area (Å²) in [6, 6.07) is 12.6. The van der Waals surface area contributed by atoms with Crippen LogP contribution < -0.4 is 4.74 Å². The fourth-order valence-electron chi connectivity index (χ4n) is 3.03. The zero-order chi connectivity index (χ0) is 14.4. The van der Waals surface area contributed by atoms with Crippen LogP contribution >= 0.6 is 15.9 Å². The molecule has 4 heteroatoms. The van der Waals surface area contributed by atoms with E-state index in [1.165, 1.54) is 16.6 Å². The molecule has 0 radical (unpaired) electrons. The predicted molar refractivity (Wildman–Crippen MR) is 86.9 cm³/mol. The van der Waals surface area contributed by atoms with Gasteiger partial charge in [0.05, 0.1) is 24.2 Å². The van der Waals surface area contributed by atoms with Gasteiger partial charge in [-0.05, 0) is 36.8 Å². The summed E-state index contributed by atoms with van der Waals surface area (Å²) < 4.78 is 9.19. The van der Waals surface area contributed by atoms with Gasteiger partial charge in [0.1, 0.15) is 11.6 Å². The second-order valence-corrected chi connectivity index (χ2v) is 6.30. The van der Waals surface area contributed by atoms with Gasteiger partial charge in [-0.25, -0.2) is 4.98 Å². The molecule has 0 saturated carbocycles. The molecule has 4 rings (SSSR count). The molecule has 0 amide bonds. The SMILES string of the molecule is Cc1nc2ccccc2n1Cc1cc(Br)cc2c1OCC2. The Morgan fingerprint density at radius 3 is 3.05 bits per heavy atom. The second-order valence-electron chi connectivity index (χ2n) is 5.39. The Kier molecular flexibility index (Phi) is 3.00. The number of aryl methyl sites for hydroxylation is 1. The minimum Gasteiger partial charge on any atom is -0.493 e. The maximum atomic E-state index is 5.83. The molecule has 0 saturated heterocycles. The van der Waals surface area contributed by atoms with E-state index in [9.17, 15) is 0 Å². The first kappa shape index (κ1) is 12.9. The molecule has 1 aliphatic rings. The lowest BCUT2D eigenvalue weighted by Gasteiger charge is -2.12. The molecule has 2 heterocycles. The van der Waals surface area contributed by atoms with Crippen LogP contribution in [0.4, 0.5) is 0 Å². The van der Waals surface area contributed by atoms with Crippen molar-refractivity contribution >= 4 is 27.0 Å². The molecule has 0 spiro atoms. The molecule has 3 aromatic rings. The van der Waals surface area contributed by atoms with Crippen molar-refractivity contribution in [3.8, 4) is 5.75 Å². The van der Waals surface area contributed by atoms with Crippen LogP contribution in [0.3, 0.4) is 0 Å². The molecule has 2 aromatic carbocycles. The Morgan fingerprint density at radius 1 is 1.29 bits per heavy atom. The number of halogens is 1. The summed E-state index contributed by atoms with van der Waals surface area (Å²) in [6.07, 6.45) is 0.991. The average molecular weight is 343 g/mol. The monoisotopic (exact) mass is 342 g/mol. The number of hydrogen-bond acceptors (Lipinski definition) is 2. The van der Waals surface area contributed by atoms with Crippen LogP contribution in [-0.2, 0) is 13.0 Å². The lowest BCUT2D eigenvalue weighted by atomic mass is 10.1. The predicted octanol–water partition coefficient (Wildman–Crippen LogP) is 4.09. The van der Waals surface area contributed by atoms with E-state index in [2.05, 4.69) is 62.7 Å². The van der Waals surface area contributed by atoms with E-state index >= 15 is 0 Å². The lowest BCUT2D eigenvalue weighted by molar-refractivity contribution is 0.352. The van der Waals surface area contributed by atoms with Gasteiger partial charge in [-0.2, -0.15) is 0 Å². The third-order valence-electron chi connectivity index (χ3n) is 4.00. The quantitative estimate of drug-likeness (QED) is 0.701. The van der Waals surface area contributed by atoms with Gasteiger partial charge in [-0.15, -0.1) is 0 Å². The summed E-state index contributed by atoms with van der Waals surface area (Å²) in [7, 11) is 0. The first-order valence-electron chi connectivity index (χ1n) is 7.08. The highest BCUT2D eigenvalue weighted by atomic mass is 79.9. The van der Waals surface area contributed by atoms with Crippen LogP contribution in [0.2, 0.25) is 0 Å². The molecule has 0 unspecified atom stereocenters. The molecule has 21 heavy (non-hydrogen) atoms. The molecular weight excluding hydrogens is 328 g/mol. The number of fused-ring (bicyclic) bond motifs is 2. The third-order valence-corrected chi connectivity index (χ3v) is 4.46. The Bertz CT molecular complexity index is 838. The summed E-state index contributed by atoms with van der Waals surface area (Å²) in [5.74, 6) is 2.08. The molecule has 1 aliphatic heterocycles. The van der Waals surface area contributed by atoms with Crippen molar-refractivity contribution in [2.45, 2.75) is 19.9 Å². The summed E-state index contributed by atoms with van der Waals surface area (Å²) in [5, 5.41) is 0. The standard InChI is InChI=1S/C17H15BrN2O/c1-11-19-15-4-2-3-5-16(15)20(11)10-13-9-14(18)8-12-6-7-21-17(12)13/h2-5,8-9H,6-7,10H2,1H3. The second kappa shape index (κ2) is 4.88. The van der Waals surface area contributed by atoms with E-state index in [-0.39, 0.29) is 0 Å². The molecule has 1 aromatic heterocycles. The number of hydrogen-bond donors (Lipinski definition) is 0. The van der Waals surface area contributed by atoms with Gasteiger partial charge >= 0.3 is 0 Å². The van der Waals surface area contributed by atoms with E-state index in [0.717, 1.165) is 41.1 Å². The van der Waals surface area contributed by atoms with Gasteiger partial charge in [0.2, 0.25) is 0 Å². The van der Waals surface area contributed by atoms with Gasteiger partial charge in [0.15, 0.2) is 0 Å². The van der Waals surface area contributed by atoms with E-state index in [4.69, 9.17) is 4.74 Å². The fourth-order valence-corrected chi connectivity index (χ4v) is 3.58. The summed E-state index contributed by atoms with van der Waals surface area (Å²) in [4.78, 5) is 4.64. The molecule has 3 nitrogen and oxygen atoms in total. The molecule has 0 aliphatic carbocycles. The molecular formula is C17H15BrN2O. The number of imidazole rings is 1. The molecule has 0 fully saturated rings. The van der Waals surface area contributed by atoms with Gasteiger partial charge in [-0.3, -0.25) is 0 Å². The van der Waals surface area contributed by atoms with Crippen LogP contribution in [0, 0.1) is 6.92 Å². The van der Waals surface area contributed by atoms with Gasteiger partial charge < -0.3 is 9.30 Å². The zero-order valence-electron chi connectivity index (χ0n) is 11.8. The minimum absolute atomic E-state index is 0.780. The minimum atomic E-state index is 0.780. The average Bonchev–Trinajstić information content (AvgIpc) is 3.04. The van der Waals surface area contributed by atoms with Crippen LogP contribution in [0.1, 0.15) is 17.0 Å². The zero-order valence-corrected chi connectivity index (χ0v) is 13.4. The van der Waals surface area contributed by atoms with Crippen molar-refractivity contribution in [1.82, 2.24) is 9.55 Å². The van der Waals surface area contributed by atoms with Crippen molar-refractivity contribution < 1.29 is 4.74 Å². The highest BCUT2D eigenvalue weighted by Crippen LogP contribution is 2.34. The summed E-state index contributed by atoms with van der Waals surface area (Å²) >= 11 is 3.61.